The number of rotatable bonds is 2. The van der Waals surface area contributed by atoms with E-state index < -0.39 is 5.54 Å². The van der Waals surface area contributed by atoms with Crippen molar-refractivity contribution in [2.45, 2.75) is 18.5 Å². The van der Waals surface area contributed by atoms with Gasteiger partial charge < -0.3 is 10.1 Å². The minimum absolute atomic E-state index is 0.229. The van der Waals surface area contributed by atoms with Crippen molar-refractivity contribution in [3.63, 3.8) is 0 Å². The summed E-state index contributed by atoms with van der Waals surface area (Å²) in [5.41, 5.74) is -0.302. The number of para-hydroxylation sites is 1. The molecule has 1 aromatic carbocycles. The summed E-state index contributed by atoms with van der Waals surface area (Å²) in [6.45, 7) is 0.620. The Morgan fingerprint density at radius 2 is 2.09 bits per heavy atom. The smallest absolute Gasteiger partial charge is 0.325 e. The van der Waals surface area contributed by atoms with Crippen molar-refractivity contribution < 1.29 is 14.3 Å². The van der Waals surface area contributed by atoms with Crippen molar-refractivity contribution in [3.05, 3.63) is 51.2 Å². The topological polar surface area (TPSA) is 58.6 Å². The van der Waals surface area contributed by atoms with Crippen molar-refractivity contribution in [1.29, 1.82) is 0 Å². The molecule has 2 aliphatic rings. The van der Waals surface area contributed by atoms with Gasteiger partial charge in [0.05, 0.1) is 17.5 Å². The molecule has 1 aromatic heterocycles. The molecule has 0 bridgehead atoms. The average Bonchev–Trinajstić information content (AvgIpc) is 3.06. The van der Waals surface area contributed by atoms with Gasteiger partial charge in [-0.1, -0.05) is 29.8 Å². The van der Waals surface area contributed by atoms with Crippen LogP contribution in [0.4, 0.5) is 4.79 Å². The first-order chi connectivity index (χ1) is 11.1. The molecule has 5 nitrogen and oxygen atoms in total. The number of carbonyl (C=O) groups is 2. The Labute approximate surface area is 141 Å². The van der Waals surface area contributed by atoms with Crippen LogP contribution >= 0.6 is 22.9 Å². The quantitative estimate of drug-likeness (QED) is 0.848. The number of benzene rings is 1. The van der Waals surface area contributed by atoms with E-state index in [0.29, 0.717) is 23.1 Å². The van der Waals surface area contributed by atoms with Crippen LogP contribution in [0, 0.1) is 0 Å². The third-order valence-corrected chi connectivity index (χ3v) is 5.42. The highest BCUT2D eigenvalue weighted by Gasteiger charge is 2.54. The maximum absolute atomic E-state index is 13.0. The first kappa shape index (κ1) is 14.5. The second-order valence-corrected chi connectivity index (χ2v) is 7.33. The number of nitrogens with one attached hydrogen (secondary N) is 1. The van der Waals surface area contributed by atoms with Gasteiger partial charge in [0.15, 0.2) is 5.54 Å². The summed E-state index contributed by atoms with van der Waals surface area (Å²) >= 11 is 7.29. The molecule has 7 heteroatoms. The number of thiophene rings is 1. The zero-order chi connectivity index (χ0) is 16.0. The summed E-state index contributed by atoms with van der Waals surface area (Å²) in [6.07, 6.45) is 0.427. The molecule has 0 saturated carbocycles. The van der Waals surface area contributed by atoms with Crippen LogP contribution in [-0.4, -0.2) is 23.4 Å². The molecule has 4 rings (SSSR count). The standard InChI is InChI=1S/C16H13ClN2O3S/c17-13-6-5-10(23-13)9-19-14(20)16(18-15(19)21)7-8-22-12-4-2-1-3-11(12)16/h1-6H,7-9H2,(H,18,21)/t16-/m0/s1. The lowest BCUT2D eigenvalue weighted by atomic mass is 9.84. The van der Waals surface area contributed by atoms with Crippen LogP contribution in [0.1, 0.15) is 16.9 Å². The van der Waals surface area contributed by atoms with Crippen molar-refractivity contribution in [1.82, 2.24) is 10.2 Å². The molecule has 1 spiro atoms. The van der Waals surface area contributed by atoms with Crippen LogP contribution in [0.2, 0.25) is 4.34 Å². The second kappa shape index (κ2) is 5.25. The lowest BCUT2D eigenvalue weighted by Crippen LogP contribution is -2.47. The normalized spacial score (nSPS) is 22.9. The fourth-order valence-corrected chi connectivity index (χ4v) is 4.18. The molecule has 0 aliphatic carbocycles. The van der Waals surface area contributed by atoms with E-state index in [1.54, 1.807) is 6.07 Å². The molecule has 1 N–H and O–H groups in total. The Balaban J connectivity index is 1.70. The number of amides is 3. The van der Waals surface area contributed by atoms with E-state index in [1.807, 2.05) is 30.3 Å². The first-order valence-electron chi connectivity index (χ1n) is 7.21. The number of hydrogen-bond donors (Lipinski definition) is 1. The van der Waals surface area contributed by atoms with Crippen molar-refractivity contribution in [2.75, 3.05) is 6.61 Å². The van der Waals surface area contributed by atoms with Crippen LogP contribution in [0.25, 0.3) is 0 Å². The first-order valence-corrected chi connectivity index (χ1v) is 8.40. The van der Waals surface area contributed by atoms with Gasteiger partial charge >= 0.3 is 6.03 Å². The van der Waals surface area contributed by atoms with Crippen molar-refractivity contribution in [3.8, 4) is 5.75 Å². The van der Waals surface area contributed by atoms with E-state index in [9.17, 15) is 9.59 Å². The lowest BCUT2D eigenvalue weighted by Gasteiger charge is -2.33. The van der Waals surface area contributed by atoms with Gasteiger partial charge in [0, 0.05) is 16.9 Å². The molecule has 1 fully saturated rings. The van der Waals surface area contributed by atoms with Gasteiger partial charge in [0.1, 0.15) is 5.75 Å². The molecule has 2 aliphatic heterocycles. The fourth-order valence-electron chi connectivity index (χ4n) is 3.11. The predicted octanol–water partition coefficient (Wildman–Crippen LogP) is 3.13. The number of urea groups is 1. The van der Waals surface area contributed by atoms with Crippen LogP contribution in [-0.2, 0) is 16.9 Å². The molecule has 0 radical (unpaired) electrons. The minimum Gasteiger partial charge on any atom is -0.493 e. The van der Waals surface area contributed by atoms with Crippen LogP contribution < -0.4 is 10.1 Å². The highest BCUT2D eigenvalue weighted by atomic mass is 35.5. The third-order valence-electron chi connectivity index (χ3n) is 4.20. The Kier molecular flexibility index (Phi) is 3.32. The highest BCUT2D eigenvalue weighted by Crippen LogP contribution is 2.41. The van der Waals surface area contributed by atoms with Crippen LogP contribution in [0.15, 0.2) is 36.4 Å². The molecular weight excluding hydrogens is 336 g/mol. The molecule has 23 heavy (non-hydrogen) atoms. The molecular formula is C16H13ClN2O3S. The Morgan fingerprint density at radius 3 is 2.87 bits per heavy atom. The number of nitrogens with zero attached hydrogens (tertiary/aromatic N) is 1. The Morgan fingerprint density at radius 1 is 1.26 bits per heavy atom. The molecule has 3 amide bonds. The zero-order valence-electron chi connectivity index (χ0n) is 12.0. The lowest BCUT2D eigenvalue weighted by molar-refractivity contribution is -0.133. The summed E-state index contributed by atoms with van der Waals surface area (Å²) < 4.78 is 6.25. The van der Waals surface area contributed by atoms with E-state index in [2.05, 4.69) is 5.32 Å². The summed E-state index contributed by atoms with van der Waals surface area (Å²) in [7, 11) is 0. The number of imide groups is 1. The second-order valence-electron chi connectivity index (χ2n) is 5.53. The van der Waals surface area contributed by atoms with Gasteiger partial charge in [0.2, 0.25) is 0 Å². The minimum atomic E-state index is -1.02. The number of ether oxygens (including phenoxy) is 1. The summed E-state index contributed by atoms with van der Waals surface area (Å²) in [4.78, 5) is 27.6. The molecule has 0 unspecified atom stereocenters. The van der Waals surface area contributed by atoms with E-state index in [0.717, 1.165) is 10.4 Å². The largest absolute Gasteiger partial charge is 0.493 e. The van der Waals surface area contributed by atoms with Gasteiger partial charge in [-0.15, -0.1) is 11.3 Å². The van der Waals surface area contributed by atoms with Crippen molar-refractivity contribution in [2.24, 2.45) is 0 Å². The van der Waals surface area contributed by atoms with Gasteiger partial charge in [0.25, 0.3) is 5.91 Å². The molecule has 3 heterocycles. The molecule has 1 saturated heterocycles. The predicted molar refractivity (Wildman–Crippen MR) is 86.6 cm³/mol. The fraction of sp³-hybridized carbons (Fsp3) is 0.250. The van der Waals surface area contributed by atoms with Gasteiger partial charge in [-0.25, -0.2) is 4.79 Å². The molecule has 1 atom stereocenters. The summed E-state index contributed by atoms with van der Waals surface area (Å²) in [6, 6.07) is 10.6. The van der Waals surface area contributed by atoms with E-state index in [1.165, 1.54) is 16.2 Å². The van der Waals surface area contributed by atoms with E-state index >= 15 is 0 Å². The zero-order valence-corrected chi connectivity index (χ0v) is 13.6. The monoisotopic (exact) mass is 348 g/mol. The number of halogens is 1. The maximum atomic E-state index is 13.0. The Hall–Kier alpha value is -2.05. The SMILES string of the molecule is O=C1N[C@]2(CCOc3ccccc32)C(=O)N1Cc1ccc(Cl)s1. The average molecular weight is 349 g/mol. The van der Waals surface area contributed by atoms with Gasteiger partial charge in [-0.3, -0.25) is 9.69 Å². The van der Waals surface area contributed by atoms with Gasteiger partial charge in [-0.05, 0) is 18.2 Å². The summed E-state index contributed by atoms with van der Waals surface area (Å²) in [5, 5.41) is 2.88. The highest BCUT2D eigenvalue weighted by molar-refractivity contribution is 7.16. The third kappa shape index (κ3) is 2.21. The Bertz CT molecular complexity index is 806. The van der Waals surface area contributed by atoms with E-state index in [4.69, 9.17) is 16.3 Å². The number of carbonyl (C=O) groups excluding carboxylic acids is 2. The number of fused-ring (bicyclic) bond motifs is 2. The molecule has 118 valence electrons. The van der Waals surface area contributed by atoms with Gasteiger partial charge in [-0.2, -0.15) is 0 Å². The summed E-state index contributed by atoms with van der Waals surface area (Å²) in [5.74, 6) is 0.413. The van der Waals surface area contributed by atoms with E-state index in [-0.39, 0.29) is 18.5 Å². The maximum Gasteiger partial charge on any atom is 0.325 e. The molecule has 2 aromatic rings. The van der Waals surface area contributed by atoms with Crippen LogP contribution in [0.5, 0.6) is 5.75 Å². The van der Waals surface area contributed by atoms with Crippen molar-refractivity contribution >= 4 is 34.9 Å². The van der Waals surface area contributed by atoms with Crippen LogP contribution in [0.3, 0.4) is 0 Å². The number of hydrogen-bond acceptors (Lipinski definition) is 4.